The highest BCUT2D eigenvalue weighted by molar-refractivity contribution is 6.28. The Balaban J connectivity index is 2.57. The quantitative estimate of drug-likeness (QED) is 0.490. The molecule has 0 radical (unpaired) electrons. The first kappa shape index (κ1) is 14.2. The summed E-state index contributed by atoms with van der Waals surface area (Å²) in [6.07, 6.45) is 1.13. The van der Waals surface area contributed by atoms with E-state index >= 15 is 0 Å². The zero-order chi connectivity index (χ0) is 14.7. The fourth-order valence-corrected chi connectivity index (χ4v) is 2.05. The lowest BCUT2D eigenvalue weighted by Crippen LogP contribution is -2.19. The molecule has 0 saturated heterocycles. The van der Waals surface area contributed by atoms with Gasteiger partial charge in [-0.25, -0.2) is 4.98 Å². The molecular weight excluding hydrogens is 280 g/mol. The van der Waals surface area contributed by atoms with Crippen LogP contribution in [0.1, 0.15) is 12.5 Å². The summed E-state index contributed by atoms with van der Waals surface area (Å²) in [4.78, 5) is 20.0. The van der Waals surface area contributed by atoms with Gasteiger partial charge in [-0.05, 0) is 43.1 Å². The molecule has 0 aliphatic rings. The monoisotopic (exact) mass is 292 g/mol. The molecule has 0 amide bonds. The van der Waals surface area contributed by atoms with Crippen LogP contribution in [0.15, 0.2) is 30.5 Å². The van der Waals surface area contributed by atoms with E-state index in [4.69, 9.17) is 11.6 Å². The molecular formula is C13H13ClN4O2. The van der Waals surface area contributed by atoms with Gasteiger partial charge in [-0.2, -0.15) is 4.98 Å². The van der Waals surface area contributed by atoms with Crippen molar-refractivity contribution < 1.29 is 4.92 Å². The molecule has 1 aromatic heterocycles. The van der Waals surface area contributed by atoms with E-state index in [0.29, 0.717) is 6.54 Å². The molecule has 0 spiro atoms. The maximum absolute atomic E-state index is 11.1. The fourth-order valence-electron chi connectivity index (χ4n) is 1.92. The van der Waals surface area contributed by atoms with E-state index in [1.165, 1.54) is 0 Å². The lowest BCUT2D eigenvalue weighted by molar-refractivity contribution is -0.384. The van der Waals surface area contributed by atoms with Crippen molar-refractivity contribution >= 4 is 28.8 Å². The number of benzene rings is 1. The van der Waals surface area contributed by atoms with E-state index in [9.17, 15) is 10.1 Å². The molecule has 0 bridgehead atoms. The van der Waals surface area contributed by atoms with Gasteiger partial charge in [0.15, 0.2) is 0 Å². The lowest BCUT2D eigenvalue weighted by Gasteiger charge is -2.22. The molecule has 20 heavy (non-hydrogen) atoms. The second kappa shape index (κ2) is 5.83. The first-order chi connectivity index (χ1) is 9.52. The van der Waals surface area contributed by atoms with Crippen molar-refractivity contribution in [3.63, 3.8) is 0 Å². The second-order valence-corrected chi connectivity index (χ2v) is 4.53. The summed E-state index contributed by atoms with van der Waals surface area (Å²) in [5.74, 6) is 0.197. The molecule has 7 heteroatoms. The predicted molar refractivity (Wildman–Crippen MR) is 77.6 cm³/mol. The van der Waals surface area contributed by atoms with Gasteiger partial charge >= 0.3 is 5.69 Å². The van der Waals surface area contributed by atoms with Crippen molar-refractivity contribution in [1.82, 2.24) is 9.97 Å². The van der Waals surface area contributed by atoms with Crippen LogP contribution in [-0.2, 0) is 0 Å². The van der Waals surface area contributed by atoms with Crippen LogP contribution in [0.4, 0.5) is 17.2 Å². The van der Waals surface area contributed by atoms with Crippen molar-refractivity contribution in [2.45, 2.75) is 13.8 Å². The molecule has 0 unspecified atom stereocenters. The summed E-state index contributed by atoms with van der Waals surface area (Å²) in [6, 6.07) is 7.65. The van der Waals surface area contributed by atoms with Crippen molar-refractivity contribution in [1.29, 1.82) is 0 Å². The Morgan fingerprint density at radius 3 is 2.80 bits per heavy atom. The van der Waals surface area contributed by atoms with Crippen molar-refractivity contribution in [2.75, 3.05) is 11.4 Å². The van der Waals surface area contributed by atoms with E-state index in [-0.39, 0.29) is 16.8 Å². The average Bonchev–Trinajstić information content (AvgIpc) is 2.39. The number of halogens is 1. The minimum atomic E-state index is -0.510. The van der Waals surface area contributed by atoms with Crippen LogP contribution in [0.3, 0.4) is 0 Å². The van der Waals surface area contributed by atoms with Crippen LogP contribution in [0.5, 0.6) is 0 Å². The molecule has 104 valence electrons. The summed E-state index contributed by atoms with van der Waals surface area (Å²) in [7, 11) is 0. The predicted octanol–water partition coefficient (Wildman–Crippen LogP) is 3.50. The SMILES string of the molecule is CCN(c1cccc(C)c1)c1nc(Cl)ncc1[N+](=O)[O-]. The topological polar surface area (TPSA) is 72.2 Å². The third kappa shape index (κ3) is 2.85. The molecule has 2 aromatic rings. The third-order valence-electron chi connectivity index (χ3n) is 2.80. The molecule has 1 aromatic carbocycles. The molecule has 0 N–H and O–H groups in total. The van der Waals surface area contributed by atoms with Gasteiger partial charge in [-0.1, -0.05) is 12.1 Å². The number of nitrogens with zero attached hydrogens (tertiary/aromatic N) is 4. The minimum Gasteiger partial charge on any atom is -0.321 e. The molecule has 0 atom stereocenters. The van der Waals surface area contributed by atoms with Crippen LogP contribution >= 0.6 is 11.6 Å². The Labute approximate surface area is 121 Å². The van der Waals surface area contributed by atoms with Gasteiger partial charge in [-0.3, -0.25) is 10.1 Å². The fraction of sp³-hybridized carbons (Fsp3) is 0.231. The van der Waals surface area contributed by atoms with Crippen LogP contribution in [0.25, 0.3) is 0 Å². The zero-order valence-corrected chi connectivity index (χ0v) is 11.8. The molecule has 0 fully saturated rings. The van der Waals surface area contributed by atoms with Crippen LogP contribution < -0.4 is 4.90 Å². The van der Waals surface area contributed by atoms with E-state index < -0.39 is 4.92 Å². The highest BCUT2D eigenvalue weighted by Crippen LogP contribution is 2.32. The minimum absolute atomic E-state index is 0.0169. The highest BCUT2D eigenvalue weighted by atomic mass is 35.5. The van der Waals surface area contributed by atoms with Crippen molar-refractivity contribution in [2.24, 2.45) is 0 Å². The van der Waals surface area contributed by atoms with E-state index in [0.717, 1.165) is 17.4 Å². The highest BCUT2D eigenvalue weighted by Gasteiger charge is 2.22. The van der Waals surface area contributed by atoms with E-state index in [2.05, 4.69) is 9.97 Å². The van der Waals surface area contributed by atoms with Crippen molar-refractivity contribution in [3.8, 4) is 0 Å². The van der Waals surface area contributed by atoms with Gasteiger partial charge < -0.3 is 4.90 Å². The maximum atomic E-state index is 11.1. The number of anilines is 2. The molecule has 6 nitrogen and oxygen atoms in total. The van der Waals surface area contributed by atoms with E-state index in [1.807, 2.05) is 38.1 Å². The zero-order valence-electron chi connectivity index (χ0n) is 11.1. The van der Waals surface area contributed by atoms with Crippen LogP contribution in [0, 0.1) is 17.0 Å². The number of rotatable bonds is 4. The number of hydrogen-bond acceptors (Lipinski definition) is 5. The molecule has 0 aliphatic heterocycles. The number of nitro groups is 1. The Bertz CT molecular complexity index is 648. The Morgan fingerprint density at radius 2 is 2.20 bits per heavy atom. The Hall–Kier alpha value is -2.21. The Kier molecular flexibility index (Phi) is 4.14. The molecule has 0 saturated carbocycles. The van der Waals surface area contributed by atoms with Gasteiger partial charge in [0.05, 0.1) is 4.92 Å². The molecule has 2 rings (SSSR count). The van der Waals surface area contributed by atoms with Crippen molar-refractivity contribution in [3.05, 3.63) is 51.4 Å². The largest absolute Gasteiger partial charge is 0.330 e. The summed E-state index contributed by atoms with van der Waals surface area (Å²) in [5.41, 5.74) is 1.71. The summed E-state index contributed by atoms with van der Waals surface area (Å²) in [6.45, 7) is 4.37. The molecule has 1 heterocycles. The number of aryl methyl sites for hydroxylation is 1. The first-order valence-corrected chi connectivity index (χ1v) is 6.42. The summed E-state index contributed by atoms with van der Waals surface area (Å²) in [5, 5.41) is 11.1. The van der Waals surface area contributed by atoms with Crippen LogP contribution in [-0.4, -0.2) is 21.4 Å². The van der Waals surface area contributed by atoms with Gasteiger partial charge in [0.2, 0.25) is 11.1 Å². The molecule has 0 aliphatic carbocycles. The third-order valence-corrected chi connectivity index (χ3v) is 2.98. The van der Waals surface area contributed by atoms with Gasteiger partial charge in [0.25, 0.3) is 0 Å². The standard InChI is InChI=1S/C13H13ClN4O2/c1-3-17(10-6-4-5-9(2)7-10)12-11(18(19)20)8-15-13(14)16-12/h4-8H,3H2,1-2H3. The normalized spacial score (nSPS) is 10.3. The number of hydrogen-bond donors (Lipinski definition) is 0. The average molecular weight is 293 g/mol. The van der Waals surface area contributed by atoms with Gasteiger partial charge in [0.1, 0.15) is 6.20 Å². The van der Waals surface area contributed by atoms with Crippen LogP contribution in [0.2, 0.25) is 5.28 Å². The van der Waals surface area contributed by atoms with E-state index in [1.54, 1.807) is 4.90 Å². The maximum Gasteiger partial charge on any atom is 0.330 e. The summed E-state index contributed by atoms with van der Waals surface area (Å²) >= 11 is 5.77. The number of aromatic nitrogens is 2. The lowest BCUT2D eigenvalue weighted by atomic mass is 10.2. The Morgan fingerprint density at radius 1 is 1.45 bits per heavy atom. The smallest absolute Gasteiger partial charge is 0.321 e. The summed E-state index contributed by atoms with van der Waals surface area (Å²) < 4.78 is 0. The second-order valence-electron chi connectivity index (χ2n) is 4.19. The first-order valence-electron chi connectivity index (χ1n) is 6.04. The van der Waals surface area contributed by atoms with Gasteiger partial charge in [0, 0.05) is 12.2 Å². The van der Waals surface area contributed by atoms with Gasteiger partial charge in [-0.15, -0.1) is 0 Å².